The summed E-state index contributed by atoms with van der Waals surface area (Å²) >= 11 is 0. The van der Waals surface area contributed by atoms with Crippen LogP contribution >= 0.6 is 0 Å². The summed E-state index contributed by atoms with van der Waals surface area (Å²) in [5.74, 6) is 1.02. The molecule has 1 N–H and O–H groups in total. The van der Waals surface area contributed by atoms with E-state index in [0.717, 1.165) is 22.9 Å². The molecule has 7 nitrogen and oxygen atoms in total. The number of carbonyl (C=O) groups is 1. The minimum atomic E-state index is -0.124. The first-order valence-corrected chi connectivity index (χ1v) is 7.74. The second-order valence-corrected chi connectivity index (χ2v) is 5.27. The van der Waals surface area contributed by atoms with Gasteiger partial charge >= 0.3 is 0 Å². The summed E-state index contributed by atoms with van der Waals surface area (Å²) in [5.41, 5.74) is 1.50. The maximum absolute atomic E-state index is 11.8. The van der Waals surface area contributed by atoms with Crippen molar-refractivity contribution in [2.75, 3.05) is 13.7 Å². The Kier molecular flexibility index (Phi) is 4.69. The number of fused-ring (bicyclic) bond motifs is 1. The van der Waals surface area contributed by atoms with Gasteiger partial charge in [-0.25, -0.2) is 4.98 Å². The molecule has 2 aromatic heterocycles. The highest BCUT2D eigenvalue weighted by atomic mass is 16.5. The Labute approximate surface area is 139 Å². The SMILES string of the molecule is CCCNC(=O)Cc1noc(-c2cc(OC)nc3ccccc23)n1. The zero-order valence-electron chi connectivity index (χ0n) is 13.6. The van der Waals surface area contributed by atoms with Gasteiger partial charge in [-0.3, -0.25) is 4.79 Å². The molecular formula is C17H18N4O3. The zero-order valence-corrected chi connectivity index (χ0v) is 13.6. The Morgan fingerprint density at radius 2 is 2.12 bits per heavy atom. The van der Waals surface area contributed by atoms with Crippen LogP contribution < -0.4 is 10.1 Å². The number of amides is 1. The molecule has 3 aromatic rings. The average molecular weight is 326 g/mol. The molecule has 1 aromatic carbocycles. The molecule has 0 atom stereocenters. The van der Waals surface area contributed by atoms with Crippen LogP contribution in [0, 0.1) is 0 Å². The number of hydrogen-bond acceptors (Lipinski definition) is 6. The molecule has 124 valence electrons. The van der Waals surface area contributed by atoms with Crippen molar-refractivity contribution in [2.45, 2.75) is 19.8 Å². The number of carbonyl (C=O) groups excluding carboxylic acids is 1. The van der Waals surface area contributed by atoms with Crippen LogP contribution in [0.3, 0.4) is 0 Å². The highest BCUT2D eigenvalue weighted by molar-refractivity contribution is 5.93. The maximum Gasteiger partial charge on any atom is 0.258 e. The fourth-order valence-corrected chi connectivity index (χ4v) is 2.34. The third-order valence-electron chi connectivity index (χ3n) is 3.49. The van der Waals surface area contributed by atoms with E-state index in [1.54, 1.807) is 13.2 Å². The second kappa shape index (κ2) is 7.08. The van der Waals surface area contributed by atoms with Crippen molar-refractivity contribution < 1.29 is 14.1 Å². The van der Waals surface area contributed by atoms with Crippen LogP contribution in [-0.4, -0.2) is 34.7 Å². The van der Waals surface area contributed by atoms with Crippen molar-refractivity contribution in [1.82, 2.24) is 20.4 Å². The fraction of sp³-hybridized carbons (Fsp3) is 0.294. The molecule has 0 aliphatic carbocycles. The van der Waals surface area contributed by atoms with E-state index in [9.17, 15) is 4.79 Å². The normalized spacial score (nSPS) is 10.8. The van der Waals surface area contributed by atoms with E-state index in [-0.39, 0.29) is 12.3 Å². The van der Waals surface area contributed by atoms with E-state index in [1.807, 2.05) is 31.2 Å². The predicted octanol–water partition coefficient (Wildman–Crippen LogP) is 2.36. The lowest BCUT2D eigenvalue weighted by Gasteiger charge is -2.05. The number of nitrogens with one attached hydrogen (secondary N) is 1. The van der Waals surface area contributed by atoms with Gasteiger partial charge in [-0.1, -0.05) is 30.3 Å². The number of nitrogens with zero attached hydrogens (tertiary/aromatic N) is 3. The van der Waals surface area contributed by atoms with Crippen LogP contribution in [0.4, 0.5) is 0 Å². The monoisotopic (exact) mass is 326 g/mol. The first-order chi connectivity index (χ1) is 11.7. The second-order valence-electron chi connectivity index (χ2n) is 5.27. The van der Waals surface area contributed by atoms with Crippen LogP contribution in [0.5, 0.6) is 5.88 Å². The van der Waals surface area contributed by atoms with Crippen molar-refractivity contribution in [1.29, 1.82) is 0 Å². The van der Waals surface area contributed by atoms with E-state index in [0.29, 0.717) is 24.1 Å². The summed E-state index contributed by atoms with van der Waals surface area (Å²) in [6.45, 7) is 2.63. The molecule has 0 saturated heterocycles. The number of benzene rings is 1. The van der Waals surface area contributed by atoms with Gasteiger partial charge in [-0.05, 0) is 12.5 Å². The van der Waals surface area contributed by atoms with Gasteiger partial charge < -0.3 is 14.6 Å². The van der Waals surface area contributed by atoms with Crippen LogP contribution in [0.2, 0.25) is 0 Å². The van der Waals surface area contributed by atoms with E-state index in [2.05, 4.69) is 20.4 Å². The number of aromatic nitrogens is 3. The molecule has 0 spiro atoms. The van der Waals surface area contributed by atoms with Crippen molar-refractivity contribution in [3.05, 3.63) is 36.2 Å². The molecular weight excluding hydrogens is 308 g/mol. The van der Waals surface area contributed by atoms with Crippen LogP contribution in [0.15, 0.2) is 34.9 Å². The van der Waals surface area contributed by atoms with E-state index >= 15 is 0 Å². The fourth-order valence-electron chi connectivity index (χ4n) is 2.34. The van der Waals surface area contributed by atoms with Crippen molar-refractivity contribution in [3.63, 3.8) is 0 Å². The summed E-state index contributed by atoms with van der Waals surface area (Å²) in [6, 6.07) is 9.37. The number of para-hydroxylation sites is 1. The molecule has 7 heteroatoms. The van der Waals surface area contributed by atoms with Crippen molar-refractivity contribution in [3.8, 4) is 17.3 Å². The number of ether oxygens (including phenoxy) is 1. The van der Waals surface area contributed by atoms with Gasteiger partial charge in [0.2, 0.25) is 11.8 Å². The minimum Gasteiger partial charge on any atom is -0.481 e. The lowest BCUT2D eigenvalue weighted by Crippen LogP contribution is -2.26. The molecule has 24 heavy (non-hydrogen) atoms. The van der Waals surface area contributed by atoms with Crippen LogP contribution in [0.25, 0.3) is 22.4 Å². The van der Waals surface area contributed by atoms with E-state index in [4.69, 9.17) is 9.26 Å². The Morgan fingerprint density at radius 3 is 2.92 bits per heavy atom. The molecule has 3 rings (SSSR count). The standard InChI is InChI=1S/C17H18N4O3/c1-3-8-18-15(22)10-14-20-17(24-21-14)12-9-16(23-2)19-13-7-5-4-6-11(12)13/h4-7,9H,3,8,10H2,1-2H3,(H,18,22). The third kappa shape index (κ3) is 3.34. The Bertz CT molecular complexity index is 860. The Balaban J connectivity index is 1.92. The third-order valence-corrected chi connectivity index (χ3v) is 3.49. The number of methoxy groups -OCH3 is 1. The Hall–Kier alpha value is -2.96. The molecule has 0 unspecified atom stereocenters. The highest BCUT2D eigenvalue weighted by Gasteiger charge is 2.16. The topological polar surface area (TPSA) is 90.1 Å². The smallest absolute Gasteiger partial charge is 0.258 e. The summed E-state index contributed by atoms with van der Waals surface area (Å²) in [7, 11) is 1.55. The number of rotatable bonds is 6. The zero-order chi connectivity index (χ0) is 16.9. The number of pyridine rings is 1. The van der Waals surface area contributed by atoms with Gasteiger partial charge in [-0.2, -0.15) is 4.98 Å². The molecule has 0 aliphatic heterocycles. The summed E-state index contributed by atoms with van der Waals surface area (Å²) in [5, 5.41) is 7.56. The van der Waals surface area contributed by atoms with Gasteiger partial charge in [0.05, 0.1) is 24.6 Å². The summed E-state index contributed by atoms with van der Waals surface area (Å²) < 4.78 is 10.6. The molecule has 1 amide bonds. The lowest BCUT2D eigenvalue weighted by atomic mass is 10.1. The molecule has 0 radical (unpaired) electrons. The van der Waals surface area contributed by atoms with E-state index < -0.39 is 0 Å². The molecule has 0 bridgehead atoms. The summed E-state index contributed by atoms with van der Waals surface area (Å²) in [4.78, 5) is 20.5. The van der Waals surface area contributed by atoms with E-state index in [1.165, 1.54) is 0 Å². The minimum absolute atomic E-state index is 0.0870. The van der Waals surface area contributed by atoms with Gasteiger partial charge in [0.25, 0.3) is 5.89 Å². The quantitative estimate of drug-likeness (QED) is 0.748. The van der Waals surface area contributed by atoms with Gasteiger partial charge in [0.15, 0.2) is 5.82 Å². The molecule has 0 saturated carbocycles. The largest absolute Gasteiger partial charge is 0.481 e. The van der Waals surface area contributed by atoms with Crippen LogP contribution in [-0.2, 0) is 11.2 Å². The first kappa shape index (κ1) is 15.9. The molecule has 0 aliphatic rings. The maximum atomic E-state index is 11.8. The molecule has 0 fully saturated rings. The van der Waals surface area contributed by atoms with Gasteiger partial charge in [0.1, 0.15) is 0 Å². The highest BCUT2D eigenvalue weighted by Crippen LogP contribution is 2.29. The van der Waals surface area contributed by atoms with Crippen molar-refractivity contribution >= 4 is 16.8 Å². The average Bonchev–Trinajstić information content (AvgIpc) is 3.07. The van der Waals surface area contributed by atoms with Gasteiger partial charge in [-0.15, -0.1) is 0 Å². The predicted molar refractivity (Wildman–Crippen MR) is 88.6 cm³/mol. The molecule has 2 heterocycles. The number of hydrogen-bond donors (Lipinski definition) is 1. The first-order valence-electron chi connectivity index (χ1n) is 7.74. The van der Waals surface area contributed by atoms with Gasteiger partial charge in [0, 0.05) is 18.0 Å². The Morgan fingerprint density at radius 1 is 1.29 bits per heavy atom. The lowest BCUT2D eigenvalue weighted by molar-refractivity contribution is -0.120. The summed E-state index contributed by atoms with van der Waals surface area (Å²) in [6.07, 6.45) is 0.968. The van der Waals surface area contributed by atoms with Crippen molar-refractivity contribution in [2.24, 2.45) is 0 Å². The van der Waals surface area contributed by atoms with Crippen LogP contribution in [0.1, 0.15) is 19.2 Å².